The number of amides is 2. The van der Waals surface area contributed by atoms with Gasteiger partial charge in [-0.2, -0.15) is 0 Å². The molecule has 0 radical (unpaired) electrons. The number of nitrogens with one attached hydrogen (secondary N) is 1. The van der Waals surface area contributed by atoms with Crippen molar-refractivity contribution in [3.05, 3.63) is 45.1 Å². The number of hydrogen-bond acceptors (Lipinski definition) is 3. The summed E-state index contributed by atoms with van der Waals surface area (Å²) in [7, 11) is 1.45. The van der Waals surface area contributed by atoms with Gasteiger partial charge in [0.2, 0.25) is 0 Å². The van der Waals surface area contributed by atoms with Crippen LogP contribution in [-0.2, 0) is 20.7 Å². The van der Waals surface area contributed by atoms with E-state index >= 15 is 0 Å². The van der Waals surface area contributed by atoms with Crippen LogP contribution in [0, 0.1) is 0 Å². The highest BCUT2D eigenvalue weighted by Gasteiger charge is 2.44. The Morgan fingerprint density at radius 3 is 2.81 bits per heavy atom. The van der Waals surface area contributed by atoms with Gasteiger partial charge >= 0.3 is 0 Å². The van der Waals surface area contributed by atoms with Gasteiger partial charge in [-0.1, -0.05) is 29.3 Å². The molecule has 146 valence electrons. The Bertz CT molecular complexity index is 778. The molecule has 0 spiro atoms. The zero-order valence-electron chi connectivity index (χ0n) is 15.6. The number of ether oxygens (including phenoxy) is 1. The summed E-state index contributed by atoms with van der Waals surface area (Å²) in [6.45, 7) is 2.64. The van der Waals surface area contributed by atoms with Gasteiger partial charge in [0.25, 0.3) is 11.8 Å². The first-order chi connectivity index (χ1) is 12.9. The highest BCUT2D eigenvalue weighted by molar-refractivity contribution is 6.42. The van der Waals surface area contributed by atoms with Crippen LogP contribution in [0.2, 0.25) is 10.0 Å². The van der Waals surface area contributed by atoms with E-state index in [4.69, 9.17) is 27.9 Å². The van der Waals surface area contributed by atoms with Gasteiger partial charge in [-0.3, -0.25) is 9.59 Å². The molecular formula is C20H24Cl2N2O3. The molecule has 1 aromatic rings. The van der Waals surface area contributed by atoms with Crippen molar-refractivity contribution >= 4 is 35.0 Å². The quantitative estimate of drug-likeness (QED) is 0.776. The molecule has 1 saturated heterocycles. The van der Waals surface area contributed by atoms with Gasteiger partial charge in [-0.15, -0.1) is 0 Å². The molecule has 2 amide bonds. The summed E-state index contributed by atoms with van der Waals surface area (Å²) in [6.07, 6.45) is 4.30. The molecule has 7 heteroatoms. The number of aryl methyl sites for hydroxylation is 1. The second-order valence-corrected chi connectivity index (χ2v) is 7.93. The normalized spacial score (nSPS) is 20.5. The van der Waals surface area contributed by atoms with E-state index in [1.807, 2.05) is 19.1 Å². The molecule has 5 nitrogen and oxygen atoms in total. The fraction of sp³-hybridized carbons (Fsp3) is 0.500. The summed E-state index contributed by atoms with van der Waals surface area (Å²) < 4.78 is 5.28. The molecule has 27 heavy (non-hydrogen) atoms. The molecule has 2 aliphatic rings. The number of rotatable bonds is 6. The Labute approximate surface area is 169 Å². The molecule has 2 unspecified atom stereocenters. The van der Waals surface area contributed by atoms with E-state index in [9.17, 15) is 9.59 Å². The van der Waals surface area contributed by atoms with Crippen LogP contribution in [0.25, 0.3) is 0 Å². The van der Waals surface area contributed by atoms with Gasteiger partial charge in [0.15, 0.2) is 5.76 Å². The Balaban J connectivity index is 1.63. The van der Waals surface area contributed by atoms with Crippen LogP contribution >= 0.6 is 23.2 Å². The molecule has 1 fully saturated rings. The summed E-state index contributed by atoms with van der Waals surface area (Å²) in [5.41, 5.74) is 1.54. The molecule has 0 bridgehead atoms. The maximum absolute atomic E-state index is 12.9. The van der Waals surface area contributed by atoms with Crippen LogP contribution in [0.1, 0.15) is 38.2 Å². The van der Waals surface area contributed by atoms with Crippen molar-refractivity contribution in [2.24, 2.45) is 0 Å². The van der Waals surface area contributed by atoms with Crippen LogP contribution in [-0.4, -0.2) is 42.5 Å². The second-order valence-electron chi connectivity index (χ2n) is 7.12. The van der Waals surface area contributed by atoms with Crippen LogP contribution in [0.15, 0.2) is 29.5 Å². The van der Waals surface area contributed by atoms with E-state index in [1.54, 1.807) is 11.0 Å². The number of fused-ring (bicyclic) bond motifs is 1. The van der Waals surface area contributed by atoms with Crippen molar-refractivity contribution < 1.29 is 14.3 Å². The van der Waals surface area contributed by atoms with Crippen molar-refractivity contribution in [3.63, 3.8) is 0 Å². The third-order valence-corrected chi connectivity index (χ3v) is 5.95. The monoisotopic (exact) mass is 410 g/mol. The number of piperidine rings is 1. The minimum absolute atomic E-state index is 0.0506. The van der Waals surface area contributed by atoms with Gasteiger partial charge in [-0.25, -0.2) is 0 Å². The first-order valence-corrected chi connectivity index (χ1v) is 10.0. The topological polar surface area (TPSA) is 58.6 Å². The Morgan fingerprint density at radius 2 is 2.11 bits per heavy atom. The summed E-state index contributed by atoms with van der Waals surface area (Å²) in [5.74, 6) is -0.192. The molecule has 1 aromatic carbocycles. The van der Waals surface area contributed by atoms with Crippen molar-refractivity contribution in [2.75, 3.05) is 13.7 Å². The lowest BCUT2D eigenvalue weighted by molar-refractivity contribution is -0.130. The maximum Gasteiger partial charge on any atom is 0.290 e. The van der Waals surface area contributed by atoms with Crippen LogP contribution < -0.4 is 5.32 Å². The summed E-state index contributed by atoms with van der Waals surface area (Å²) in [5, 5.41) is 4.08. The summed E-state index contributed by atoms with van der Waals surface area (Å²) in [4.78, 5) is 27.1. The molecule has 0 aliphatic carbocycles. The molecule has 1 N–H and O–H groups in total. The van der Waals surface area contributed by atoms with Crippen molar-refractivity contribution in [1.29, 1.82) is 0 Å². The lowest BCUT2D eigenvalue weighted by Crippen LogP contribution is -2.43. The van der Waals surface area contributed by atoms with E-state index in [-0.39, 0.29) is 29.7 Å². The largest absolute Gasteiger partial charge is 0.491 e. The first-order valence-electron chi connectivity index (χ1n) is 9.26. The average molecular weight is 411 g/mol. The zero-order chi connectivity index (χ0) is 19.6. The van der Waals surface area contributed by atoms with Gasteiger partial charge < -0.3 is 15.0 Å². The van der Waals surface area contributed by atoms with Crippen LogP contribution in [0.5, 0.6) is 0 Å². The number of carbonyl (C=O) groups excluding carboxylic acids is 2. The smallest absolute Gasteiger partial charge is 0.290 e. The van der Waals surface area contributed by atoms with Crippen LogP contribution in [0.4, 0.5) is 0 Å². The highest BCUT2D eigenvalue weighted by Crippen LogP contribution is 2.33. The Kier molecular flexibility index (Phi) is 6.33. The first kappa shape index (κ1) is 20.0. The SMILES string of the molecule is COC1=C(C(=O)NC(C)CCc2ccc(Cl)c(Cl)c2)C2CCCCN2C1=O. The number of carbonyl (C=O) groups is 2. The Morgan fingerprint density at radius 1 is 1.33 bits per heavy atom. The minimum Gasteiger partial charge on any atom is -0.491 e. The number of methoxy groups -OCH3 is 1. The van der Waals surface area contributed by atoms with Gasteiger partial charge in [0.05, 0.1) is 28.8 Å². The van der Waals surface area contributed by atoms with E-state index in [0.717, 1.165) is 37.7 Å². The van der Waals surface area contributed by atoms with Crippen molar-refractivity contribution in [2.45, 2.75) is 51.1 Å². The van der Waals surface area contributed by atoms with Gasteiger partial charge in [0.1, 0.15) is 0 Å². The molecule has 3 rings (SSSR count). The van der Waals surface area contributed by atoms with Gasteiger partial charge in [0, 0.05) is 12.6 Å². The third kappa shape index (κ3) is 4.25. The highest BCUT2D eigenvalue weighted by atomic mass is 35.5. The third-order valence-electron chi connectivity index (χ3n) is 5.21. The molecule has 2 aliphatic heterocycles. The van der Waals surface area contributed by atoms with E-state index in [0.29, 0.717) is 22.2 Å². The Hall–Kier alpha value is -1.72. The molecule has 0 aromatic heterocycles. The zero-order valence-corrected chi connectivity index (χ0v) is 17.1. The molecular weight excluding hydrogens is 387 g/mol. The number of hydrogen-bond donors (Lipinski definition) is 1. The molecule has 2 atom stereocenters. The summed E-state index contributed by atoms with van der Waals surface area (Å²) in [6, 6.07) is 5.34. The molecule has 0 saturated carbocycles. The predicted octanol–water partition coefficient (Wildman–Crippen LogP) is 3.73. The fourth-order valence-corrected chi connectivity index (χ4v) is 4.10. The number of halogens is 2. The van der Waals surface area contributed by atoms with Crippen molar-refractivity contribution in [1.82, 2.24) is 10.2 Å². The predicted molar refractivity (Wildman–Crippen MR) is 106 cm³/mol. The lowest BCUT2D eigenvalue weighted by atomic mass is 9.97. The van der Waals surface area contributed by atoms with E-state index in [1.165, 1.54) is 7.11 Å². The van der Waals surface area contributed by atoms with E-state index < -0.39 is 0 Å². The summed E-state index contributed by atoms with van der Waals surface area (Å²) >= 11 is 12.0. The standard InChI is InChI=1S/C20H24Cl2N2O3/c1-12(6-7-13-8-9-14(21)15(22)11-13)23-19(25)17-16-5-3-4-10-24(16)20(26)18(17)27-2/h8-9,11-12,16H,3-7,10H2,1-2H3,(H,23,25). The lowest BCUT2D eigenvalue weighted by Gasteiger charge is -2.30. The minimum atomic E-state index is -0.212. The number of benzene rings is 1. The number of nitrogens with zero attached hydrogens (tertiary/aromatic N) is 1. The molecule has 2 heterocycles. The van der Waals surface area contributed by atoms with Crippen molar-refractivity contribution in [3.8, 4) is 0 Å². The van der Waals surface area contributed by atoms with Crippen LogP contribution in [0.3, 0.4) is 0 Å². The second kappa shape index (κ2) is 8.53. The fourth-order valence-electron chi connectivity index (χ4n) is 3.78. The van der Waals surface area contributed by atoms with Gasteiger partial charge in [-0.05, 0) is 56.7 Å². The van der Waals surface area contributed by atoms with E-state index in [2.05, 4.69) is 5.32 Å². The maximum atomic E-state index is 12.9. The average Bonchev–Trinajstić information content (AvgIpc) is 2.95.